The van der Waals surface area contributed by atoms with Crippen molar-refractivity contribution in [1.29, 1.82) is 0 Å². The molecule has 2 aromatic rings. The number of ether oxygens (including phenoxy) is 2. The van der Waals surface area contributed by atoms with Crippen molar-refractivity contribution < 1.29 is 13.9 Å². The molecule has 0 bridgehead atoms. The number of amidine groups is 1. The molecule has 1 aliphatic carbocycles. The predicted molar refractivity (Wildman–Crippen MR) is 100 cm³/mol. The van der Waals surface area contributed by atoms with Crippen LogP contribution in [0, 0.1) is 0 Å². The number of aromatic nitrogens is 1. The van der Waals surface area contributed by atoms with Crippen molar-refractivity contribution in [1.82, 2.24) is 4.98 Å². The van der Waals surface area contributed by atoms with E-state index in [0.29, 0.717) is 24.1 Å². The van der Waals surface area contributed by atoms with Gasteiger partial charge in [-0.1, -0.05) is 30.4 Å². The molecule has 1 aliphatic heterocycles. The lowest BCUT2D eigenvalue weighted by Crippen LogP contribution is -2.19. The molecule has 0 fully saturated rings. The van der Waals surface area contributed by atoms with Gasteiger partial charge in [-0.25, -0.2) is 9.98 Å². The van der Waals surface area contributed by atoms with E-state index in [0.717, 1.165) is 23.2 Å². The van der Waals surface area contributed by atoms with Gasteiger partial charge in [0.2, 0.25) is 0 Å². The maximum absolute atomic E-state index is 5.96. The minimum absolute atomic E-state index is 0.0518. The molecule has 0 saturated carbocycles. The minimum atomic E-state index is -0.0518. The first kappa shape index (κ1) is 16.2. The normalized spacial score (nSPS) is 18.7. The quantitative estimate of drug-likeness (QED) is 0.905. The standard InChI is InChI=1S/C20H19N3O3/c1-24-17-10-15(8-9-16(17)19-11-21-13-25-19)23-20-22-12-18(26-20)14-6-4-2-3-5-7-14/h2-4,6-11,13,18H,5,12H2,1H3,(H,22,23). The van der Waals surface area contributed by atoms with Gasteiger partial charge in [-0.3, -0.25) is 0 Å². The lowest BCUT2D eigenvalue weighted by Gasteiger charge is -2.14. The third-order valence-corrected chi connectivity index (χ3v) is 4.20. The molecule has 6 heteroatoms. The van der Waals surface area contributed by atoms with Crippen LogP contribution in [0.1, 0.15) is 6.42 Å². The first-order valence-electron chi connectivity index (χ1n) is 8.42. The fourth-order valence-electron chi connectivity index (χ4n) is 2.90. The van der Waals surface area contributed by atoms with Gasteiger partial charge in [-0.15, -0.1) is 0 Å². The highest BCUT2D eigenvalue weighted by molar-refractivity contribution is 5.91. The molecule has 1 atom stereocenters. The number of nitrogens with zero attached hydrogens (tertiary/aromatic N) is 2. The lowest BCUT2D eigenvalue weighted by atomic mass is 10.1. The molecule has 0 radical (unpaired) electrons. The number of nitrogens with one attached hydrogen (secondary N) is 1. The van der Waals surface area contributed by atoms with Gasteiger partial charge < -0.3 is 19.2 Å². The van der Waals surface area contributed by atoms with E-state index >= 15 is 0 Å². The Morgan fingerprint density at radius 2 is 2.23 bits per heavy atom. The number of allylic oxidation sites excluding steroid dienone is 4. The van der Waals surface area contributed by atoms with Gasteiger partial charge in [0.1, 0.15) is 11.9 Å². The van der Waals surface area contributed by atoms with Crippen LogP contribution < -0.4 is 10.1 Å². The van der Waals surface area contributed by atoms with Gasteiger partial charge in [0.25, 0.3) is 6.02 Å². The van der Waals surface area contributed by atoms with Crippen molar-refractivity contribution in [3.8, 4) is 17.1 Å². The molecule has 6 nitrogen and oxygen atoms in total. The Kier molecular flexibility index (Phi) is 4.55. The van der Waals surface area contributed by atoms with E-state index in [4.69, 9.17) is 13.9 Å². The van der Waals surface area contributed by atoms with Crippen LogP contribution >= 0.6 is 0 Å². The summed E-state index contributed by atoms with van der Waals surface area (Å²) in [4.78, 5) is 8.41. The van der Waals surface area contributed by atoms with Crippen molar-refractivity contribution in [2.75, 3.05) is 19.0 Å². The van der Waals surface area contributed by atoms with Crippen LogP contribution in [0.4, 0.5) is 5.69 Å². The van der Waals surface area contributed by atoms with E-state index in [1.807, 2.05) is 30.4 Å². The molecular formula is C20H19N3O3. The monoisotopic (exact) mass is 349 g/mol. The zero-order valence-corrected chi connectivity index (χ0v) is 14.4. The van der Waals surface area contributed by atoms with Crippen molar-refractivity contribution >= 4 is 11.7 Å². The molecule has 2 heterocycles. The molecule has 2 aliphatic rings. The van der Waals surface area contributed by atoms with Crippen LogP contribution in [0.3, 0.4) is 0 Å². The summed E-state index contributed by atoms with van der Waals surface area (Å²) in [6.45, 7) is 0.603. The maximum atomic E-state index is 5.96. The average molecular weight is 349 g/mol. The Hall–Kier alpha value is -3.28. The Balaban J connectivity index is 1.46. The summed E-state index contributed by atoms with van der Waals surface area (Å²) in [5, 5.41) is 3.21. The van der Waals surface area contributed by atoms with E-state index in [1.54, 1.807) is 13.3 Å². The number of aliphatic imine (C=N–C) groups is 1. The minimum Gasteiger partial charge on any atom is -0.496 e. The summed E-state index contributed by atoms with van der Waals surface area (Å²) in [5.41, 5.74) is 2.81. The third-order valence-electron chi connectivity index (χ3n) is 4.20. The Bertz CT molecular complexity index is 895. The number of rotatable bonds is 4. The maximum Gasteiger partial charge on any atom is 0.290 e. The van der Waals surface area contributed by atoms with Gasteiger partial charge in [0.05, 0.1) is 25.4 Å². The van der Waals surface area contributed by atoms with Crippen LogP contribution in [0.5, 0.6) is 5.75 Å². The summed E-state index contributed by atoms with van der Waals surface area (Å²) >= 11 is 0. The Morgan fingerprint density at radius 1 is 1.27 bits per heavy atom. The number of benzene rings is 1. The number of methoxy groups -OCH3 is 1. The zero-order chi connectivity index (χ0) is 17.8. The highest BCUT2D eigenvalue weighted by Gasteiger charge is 2.23. The van der Waals surface area contributed by atoms with Crippen molar-refractivity contribution in [3.05, 3.63) is 66.7 Å². The summed E-state index contributed by atoms with van der Waals surface area (Å²) in [6.07, 6.45) is 14.3. The summed E-state index contributed by atoms with van der Waals surface area (Å²) in [6, 6.07) is 6.23. The largest absolute Gasteiger partial charge is 0.496 e. The van der Waals surface area contributed by atoms with Crippen LogP contribution in [0.15, 0.2) is 76.2 Å². The fourth-order valence-corrected chi connectivity index (χ4v) is 2.90. The summed E-state index contributed by atoms with van der Waals surface area (Å²) in [5.74, 6) is 1.34. The molecule has 0 amide bonds. The summed E-state index contributed by atoms with van der Waals surface area (Å²) in [7, 11) is 1.62. The fraction of sp³-hybridized carbons (Fsp3) is 0.200. The van der Waals surface area contributed by atoms with Gasteiger partial charge in [0, 0.05) is 11.8 Å². The second-order valence-electron chi connectivity index (χ2n) is 5.89. The number of anilines is 1. The first-order valence-corrected chi connectivity index (χ1v) is 8.42. The topological polar surface area (TPSA) is 68.9 Å². The van der Waals surface area contributed by atoms with Crippen LogP contribution in [0.2, 0.25) is 0 Å². The van der Waals surface area contributed by atoms with Crippen molar-refractivity contribution in [2.45, 2.75) is 12.5 Å². The molecule has 1 aromatic carbocycles. The SMILES string of the molecule is COc1cc(NC2=NCC(C3=CCC=CC=C3)O2)ccc1-c1cnco1. The molecule has 26 heavy (non-hydrogen) atoms. The van der Waals surface area contributed by atoms with E-state index in [1.165, 1.54) is 6.39 Å². The van der Waals surface area contributed by atoms with Crippen LogP contribution in [0.25, 0.3) is 11.3 Å². The lowest BCUT2D eigenvalue weighted by molar-refractivity contribution is 0.264. The Labute approximate surface area is 151 Å². The molecule has 1 unspecified atom stereocenters. The molecule has 132 valence electrons. The van der Waals surface area contributed by atoms with E-state index < -0.39 is 0 Å². The van der Waals surface area contributed by atoms with E-state index in [9.17, 15) is 0 Å². The second kappa shape index (κ2) is 7.31. The van der Waals surface area contributed by atoms with Gasteiger partial charge in [-0.2, -0.15) is 0 Å². The highest BCUT2D eigenvalue weighted by Crippen LogP contribution is 2.32. The molecule has 0 saturated heterocycles. The summed E-state index contributed by atoms with van der Waals surface area (Å²) < 4.78 is 16.8. The van der Waals surface area contributed by atoms with E-state index in [-0.39, 0.29) is 6.10 Å². The van der Waals surface area contributed by atoms with Gasteiger partial charge in [0.15, 0.2) is 12.2 Å². The van der Waals surface area contributed by atoms with Crippen molar-refractivity contribution in [3.63, 3.8) is 0 Å². The van der Waals surface area contributed by atoms with Gasteiger partial charge >= 0.3 is 0 Å². The molecule has 0 spiro atoms. The van der Waals surface area contributed by atoms with Crippen LogP contribution in [-0.2, 0) is 4.74 Å². The van der Waals surface area contributed by atoms with Crippen LogP contribution in [-0.4, -0.2) is 30.8 Å². The molecule has 4 rings (SSSR count). The first-order chi connectivity index (χ1) is 12.8. The smallest absolute Gasteiger partial charge is 0.290 e. The van der Waals surface area contributed by atoms with Gasteiger partial charge in [-0.05, 0) is 24.1 Å². The molecule has 1 aromatic heterocycles. The molecular weight excluding hydrogens is 330 g/mol. The predicted octanol–water partition coefficient (Wildman–Crippen LogP) is 3.96. The average Bonchev–Trinajstić information content (AvgIpc) is 3.29. The number of hydrogen-bond acceptors (Lipinski definition) is 6. The second-order valence-corrected chi connectivity index (χ2v) is 5.89. The Morgan fingerprint density at radius 3 is 3.08 bits per heavy atom. The highest BCUT2D eigenvalue weighted by atomic mass is 16.5. The number of hydrogen-bond donors (Lipinski definition) is 1. The van der Waals surface area contributed by atoms with Crippen molar-refractivity contribution in [2.24, 2.45) is 4.99 Å². The number of oxazole rings is 1. The third kappa shape index (κ3) is 3.39. The zero-order valence-electron chi connectivity index (χ0n) is 14.4. The van der Waals surface area contributed by atoms with E-state index in [2.05, 4.69) is 33.5 Å². The molecule has 1 N–H and O–H groups in total.